The minimum Gasteiger partial charge on any atom is -0.390 e. The molecule has 1 atom stereocenters. The van der Waals surface area contributed by atoms with Crippen molar-refractivity contribution in [1.29, 1.82) is 5.26 Å². The van der Waals surface area contributed by atoms with Crippen LogP contribution in [-0.4, -0.2) is 28.7 Å². The molecule has 4 nitrogen and oxygen atoms in total. The van der Waals surface area contributed by atoms with Gasteiger partial charge < -0.3 is 14.9 Å². The zero-order valence-electron chi connectivity index (χ0n) is 7.95. The molecule has 0 saturated heterocycles. The first-order valence-corrected chi connectivity index (χ1v) is 3.98. The van der Waals surface area contributed by atoms with Crippen molar-refractivity contribution in [3.05, 3.63) is 12.2 Å². The van der Waals surface area contributed by atoms with Gasteiger partial charge in [0, 0.05) is 0 Å². The van der Waals surface area contributed by atoms with Crippen LogP contribution in [0.5, 0.6) is 0 Å². The van der Waals surface area contributed by atoms with Crippen LogP contribution in [0.1, 0.15) is 20.3 Å². The maximum Gasteiger partial charge on any atom is 0.190 e. The molecule has 0 aliphatic carbocycles. The molecule has 0 heterocycles. The first-order valence-electron chi connectivity index (χ1n) is 3.98. The number of ether oxygens (including phenoxy) is 1. The minimum atomic E-state index is -1.26. The molecule has 0 rings (SSSR count). The van der Waals surface area contributed by atoms with E-state index in [9.17, 15) is 5.11 Å². The van der Waals surface area contributed by atoms with E-state index in [4.69, 9.17) is 15.1 Å². The van der Waals surface area contributed by atoms with E-state index in [1.54, 1.807) is 19.9 Å². The van der Waals surface area contributed by atoms with Crippen molar-refractivity contribution >= 4 is 0 Å². The topological polar surface area (TPSA) is 73.5 Å². The summed E-state index contributed by atoms with van der Waals surface area (Å²) in [6.07, 6.45) is -0.865. The molecule has 0 aliphatic heterocycles. The average Bonchev–Trinajstić information content (AvgIpc) is 2.00. The fourth-order valence-electron chi connectivity index (χ4n) is 0.576. The van der Waals surface area contributed by atoms with Crippen LogP contribution in [0, 0.1) is 11.3 Å². The second kappa shape index (κ2) is 4.97. The van der Waals surface area contributed by atoms with Gasteiger partial charge in [0.05, 0.1) is 23.9 Å². The Morgan fingerprint density at radius 3 is 2.62 bits per heavy atom. The molecule has 0 aromatic rings. The second-order valence-corrected chi connectivity index (χ2v) is 3.42. The highest BCUT2D eigenvalue weighted by Crippen LogP contribution is 2.08. The SMILES string of the molecule is C=C(C#N)C(O)OCCC(C)(C)O. The van der Waals surface area contributed by atoms with E-state index in [1.165, 1.54) is 0 Å². The van der Waals surface area contributed by atoms with Crippen molar-refractivity contribution in [2.45, 2.75) is 32.2 Å². The van der Waals surface area contributed by atoms with E-state index in [0.717, 1.165) is 0 Å². The second-order valence-electron chi connectivity index (χ2n) is 3.42. The van der Waals surface area contributed by atoms with Crippen molar-refractivity contribution in [1.82, 2.24) is 0 Å². The quantitative estimate of drug-likeness (QED) is 0.485. The average molecular weight is 185 g/mol. The maximum absolute atomic E-state index is 9.28. The summed E-state index contributed by atoms with van der Waals surface area (Å²) in [7, 11) is 0. The lowest BCUT2D eigenvalue weighted by molar-refractivity contribution is -0.0840. The van der Waals surface area contributed by atoms with Crippen LogP contribution in [-0.2, 0) is 4.74 Å². The van der Waals surface area contributed by atoms with Gasteiger partial charge in [0.2, 0.25) is 0 Å². The lowest BCUT2D eigenvalue weighted by Gasteiger charge is -2.18. The third-order valence-corrected chi connectivity index (χ3v) is 1.43. The molecular weight excluding hydrogens is 170 g/mol. The van der Waals surface area contributed by atoms with E-state index in [-0.39, 0.29) is 12.2 Å². The molecule has 13 heavy (non-hydrogen) atoms. The Bertz CT molecular complexity index is 212. The summed E-state index contributed by atoms with van der Waals surface area (Å²) in [5.74, 6) is 0. The Labute approximate surface area is 78.1 Å². The summed E-state index contributed by atoms with van der Waals surface area (Å²) in [5, 5.41) is 26.7. The van der Waals surface area contributed by atoms with Crippen molar-refractivity contribution in [3.63, 3.8) is 0 Å². The van der Waals surface area contributed by atoms with Gasteiger partial charge in [-0.3, -0.25) is 0 Å². The number of hydrogen-bond donors (Lipinski definition) is 2. The molecule has 0 spiro atoms. The first-order chi connectivity index (χ1) is 5.87. The van der Waals surface area contributed by atoms with E-state index >= 15 is 0 Å². The summed E-state index contributed by atoms with van der Waals surface area (Å²) in [6, 6.07) is 1.68. The Balaban J connectivity index is 3.67. The number of rotatable bonds is 5. The number of aliphatic hydroxyl groups is 2. The standard InChI is InChI=1S/C9H15NO3/c1-7(6-10)8(11)13-5-4-9(2,3)12/h8,11-12H,1,4-5H2,2-3H3. The highest BCUT2D eigenvalue weighted by Gasteiger charge is 2.14. The molecule has 0 bridgehead atoms. The van der Waals surface area contributed by atoms with E-state index < -0.39 is 11.9 Å². The lowest BCUT2D eigenvalue weighted by atomic mass is 10.1. The van der Waals surface area contributed by atoms with Crippen molar-refractivity contribution in [2.75, 3.05) is 6.61 Å². The van der Waals surface area contributed by atoms with Crippen LogP contribution >= 0.6 is 0 Å². The lowest BCUT2D eigenvalue weighted by Crippen LogP contribution is -2.23. The molecule has 0 radical (unpaired) electrons. The summed E-state index contributed by atoms with van der Waals surface area (Å²) >= 11 is 0. The van der Waals surface area contributed by atoms with Gasteiger partial charge in [-0.1, -0.05) is 6.58 Å². The van der Waals surface area contributed by atoms with Gasteiger partial charge in [0.1, 0.15) is 0 Å². The molecule has 0 saturated carbocycles. The van der Waals surface area contributed by atoms with Crippen LogP contribution in [0.25, 0.3) is 0 Å². The Kier molecular flexibility index (Phi) is 4.63. The van der Waals surface area contributed by atoms with E-state index in [1.807, 2.05) is 0 Å². The van der Waals surface area contributed by atoms with Gasteiger partial charge in [-0.25, -0.2) is 0 Å². The molecule has 0 amide bonds. The molecule has 2 N–H and O–H groups in total. The van der Waals surface area contributed by atoms with Gasteiger partial charge in [-0.05, 0) is 20.3 Å². The molecular formula is C9H15NO3. The maximum atomic E-state index is 9.28. The van der Waals surface area contributed by atoms with E-state index in [0.29, 0.717) is 6.42 Å². The minimum absolute atomic E-state index is 0.0317. The fraction of sp³-hybridized carbons (Fsp3) is 0.667. The van der Waals surface area contributed by atoms with Crippen LogP contribution in [0.2, 0.25) is 0 Å². The largest absolute Gasteiger partial charge is 0.390 e. The third-order valence-electron chi connectivity index (χ3n) is 1.43. The molecule has 0 fully saturated rings. The van der Waals surface area contributed by atoms with Crippen molar-refractivity contribution in [3.8, 4) is 6.07 Å². The van der Waals surface area contributed by atoms with Gasteiger partial charge in [0.25, 0.3) is 0 Å². The van der Waals surface area contributed by atoms with Gasteiger partial charge in [-0.15, -0.1) is 0 Å². The number of nitriles is 1. The van der Waals surface area contributed by atoms with Gasteiger partial charge in [0.15, 0.2) is 6.29 Å². The number of nitrogens with zero attached hydrogens (tertiary/aromatic N) is 1. The summed E-state index contributed by atoms with van der Waals surface area (Å²) in [5.41, 5.74) is -0.857. The molecule has 0 aliphatic rings. The summed E-state index contributed by atoms with van der Waals surface area (Å²) in [6.45, 7) is 6.76. The molecule has 1 unspecified atom stereocenters. The predicted molar refractivity (Wildman–Crippen MR) is 47.6 cm³/mol. The summed E-state index contributed by atoms with van der Waals surface area (Å²) < 4.78 is 4.84. The molecule has 0 aromatic heterocycles. The number of aliphatic hydroxyl groups excluding tert-OH is 1. The Morgan fingerprint density at radius 2 is 2.23 bits per heavy atom. The monoisotopic (exact) mass is 185 g/mol. The smallest absolute Gasteiger partial charge is 0.190 e. The molecule has 74 valence electrons. The first kappa shape index (κ1) is 12.1. The Hall–Kier alpha value is -0.890. The molecule has 4 heteroatoms. The zero-order valence-corrected chi connectivity index (χ0v) is 7.95. The highest BCUT2D eigenvalue weighted by molar-refractivity contribution is 5.18. The highest BCUT2D eigenvalue weighted by atomic mass is 16.6. The normalized spacial score (nSPS) is 13.5. The van der Waals surface area contributed by atoms with Crippen LogP contribution in [0.15, 0.2) is 12.2 Å². The van der Waals surface area contributed by atoms with E-state index in [2.05, 4.69) is 6.58 Å². The van der Waals surface area contributed by atoms with Gasteiger partial charge in [-0.2, -0.15) is 5.26 Å². The molecule has 0 aromatic carbocycles. The summed E-state index contributed by atoms with van der Waals surface area (Å²) in [4.78, 5) is 0. The third kappa shape index (κ3) is 6.29. The van der Waals surface area contributed by atoms with Crippen molar-refractivity contribution < 1.29 is 14.9 Å². The van der Waals surface area contributed by atoms with Crippen LogP contribution < -0.4 is 0 Å². The van der Waals surface area contributed by atoms with Crippen LogP contribution in [0.3, 0.4) is 0 Å². The zero-order chi connectivity index (χ0) is 10.5. The van der Waals surface area contributed by atoms with Gasteiger partial charge >= 0.3 is 0 Å². The number of hydrogen-bond acceptors (Lipinski definition) is 4. The fourth-order valence-corrected chi connectivity index (χ4v) is 0.576. The van der Waals surface area contributed by atoms with Crippen molar-refractivity contribution in [2.24, 2.45) is 0 Å². The predicted octanol–water partition coefficient (Wildman–Crippen LogP) is 0.562. The Morgan fingerprint density at radius 1 is 1.69 bits per heavy atom. The van der Waals surface area contributed by atoms with Crippen LogP contribution in [0.4, 0.5) is 0 Å².